The smallest absolute Gasteiger partial charge is 0.493 e. The topological polar surface area (TPSA) is 240 Å². The Kier molecular flexibility index (Phi) is 23.6. The number of β-amino-alcohol motifs (C(OH)–C–C–N with tert-alkyl or cyclic N) is 1. The summed E-state index contributed by atoms with van der Waals surface area (Å²) in [6.07, 6.45) is 10.0. The number of ether oxygens (including phenoxy) is 1. The minimum atomic E-state index is -6.14. The van der Waals surface area contributed by atoms with Crippen LogP contribution in [0.2, 0.25) is 0 Å². The third kappa shape index (κ3) is 17.6. The molecule has 2 aromatic heterocycles. The monoisotopic (exact) mass is 1510 g/mol. The van der Waals surface area contributed by atoms with Crippen LogP contribution in [0.25, 0.3) is 10.4 Å². The maximum absolute atomic E-state index is 14.6. The van der Waals surface area contributed by atoms with E-state index in [0.29, 0.717) is 77.9 Å². The minimum absolute atomic E-state index is 0.000148. The van der Waals surface area contributed by atoms with Crippen molar-refractivity contribution in [1.82, 2.24) is 39.8 Å². The maximum atomic E-state index is 14.6. The Morgan fingerprint density at radius 3 is 2.21 bits per heavy atom. The van der Waals surface area contributed by atoms with Crippen molar-refractivity contribution in [2.75, 3.05) is 101 Å². The normalized spacial score (nSPS) is 22.4. The van der Waals surface area contributed by atoms with Crippen LogP contribution in [0.15, 0.2) is 133 Å². The van der Waals surface area contributed by atoms with E-state index in [1.165, 1.54) is 78.7 Å². The number of carbonyl (C=O) groups excluding carboxylic acids is 3. The van der Waals surface area contributed by atoms with Crippen LogP contribution in [-0.2, 0) is 36.0 Å². The number of amides is 3. The first-order chi connectivity index (χ1) is 49.5. The second-order valence-electron chi connectivity index (χ2n) is 30.7. The molecule has 2 bridgehead atoms. The van der Waals surface area contributed by atoms with Crippen molar-refractivity contribution in [1.29, 1.82) is 0 Å². The fourth-order valence-corrected chi connectivity index (χ4v) is 20.1. The quantitative estimate of drug-likeness (QED) is 0.0186. The number of halogens is 3. The summed E-state index contributed by atoms with van der Waals surface area (Å²) < 4.78 is 113. The summed E-state index contributed by atoms with van der Waals surface area (Å²) in [6, 6.07) is 24.5. The average Bonchev–Trinajstić information content (AvgIpc) is 0.707. The summed E-state index contributed by atoms with van der Waals surface area (Å²) in [5.41, 5.74) is 4.35. The van der Waals surface area contributed by atoms with Crippen molar-refractivity contribution >= 4 is 72.1 Å². The van der Waals surface area contributed by atoms with Gasteiger partial charge in [0.15, 0.2) is 0 Å². The van der Waals surface area contributed by atoms with E-state index in [4.69, 9.17) is 9.26 Å². The highest BCUT2D eigenvalue weighted by Crippen LogP contribution is 2.79. The van der Waals surface area contributed by atoms with Crippen LogP contribution in [0.4, 0.5) is 24.5 Å². The van der Waals surface area contributed by atoms with Gasteiger partial charge < -0.3 is 44.6 Å². The largest absolute Gasteiger partial charge is 0.501 e. The zero-order valence-corrected chi connectivity index (χ0v) is 63.9. The van der Waals surface area contributed by atoms with Gasteiger partial charge in [0.1, 0.15) is 28.4 Å². The lowest BCUT2D eigenvalue weighted by molar-refractivity contribution is -0.182. The third-order valence-electron chi connectivity index (χ3n) is 22.3. The predicted octanol–water partition coefficient (Wildman–Crippen LogP) is 12.5. The van der Waals surface area contributed by atoms with E-state index < -0.39 is 76.8 Å². The molecule has 27 heteroatoms. The highest BCUT2D eigenvalue weighted by atomic mass is 32.2. The number of hydrogen-bond acceptors (Lipinski definition) is 19. The lowest BCUT2D eigenvalue weighted by Gasteiger charge is -2.73. The molecule has 3 aliphatic heterocycles. The molecule has 4 aromatic carbocycles. The number of benzene rings is 4. The number of thiazole rings is 1. The number of hydrogen-bond donors (Lipinski definition) is 4. The number of aryl methyl sites for hydroxylation is 2. The molecule has 0 radical (unpaired) electrons. The molecule has 3 saturated heterocycles. The number of piperazine rings is 2. The second kappa shape index (κ2) is 31.9. The van der Waals surface area contributed by atoms with Crippen LogP contribution in [0.3, 0.4) is 0 Å². The molecule has 4 atom stereocenters. The van der Waals surface area contributed by atoms with Gasteiger partial charge in [-0.25, -0.2) is 26.5 Å². The van der Waals surface area contributed by atoms with Gasteiger partial charge in [-0.3, -0.25) is 19.3 Å². The Hall–Kier alpha value is -6.85. The Labute approximate surface area is 618 Å². The van der Waals surface area contributed by atoms with Crippen LogP contribution in [0.5, 0.6) is 5.75 Å². The molecular weight excluding hydrogens is 1410 g/mol. The fraction of sp³-hybridized carbons (Fsp3) is 0.545. The molecule has 4 aliphatic carbocycles. The Morgan fingerprint density at radius 1 is 0.856 bits per heavy atom. The van der Waals surface area contributed by atoms with E-state index in [2.05, 4.69) is 61.1 Å². The van der Waals surface area contributed by atoms with E-state index in [0.717, 1.165) is 116 Å². The van der Waals surface area contributed by atoms with Gasteiger partial charge in [0.05, 0.1) is 45.1 Å². The molecule has 0 spiro atoms. The lowest BCUT2D eigenvalue weighted by Crippen LogP contribution is -2.63. The lowest BCUT2D eigenvalue weighted by atomic mass is 9.31. The second-order valence-corrected chi connectivity index (χ2v) is 36.3. The van der Waals surface area contributed by atoms with Crippen molar-refractivity contribution < 1.29 is 58.8 Å². The van der Waals surface area contributed by atoms with E-state index in [9.17, 15) is 49.5 Å². The number of unbranched alkanes of at least 4 members (excludes halogenated alkanes) is 1. The van der Waals surface area contributed by atoms with Gasteiger partial charge in [-0.15, -0.1) is 23.1 Å². The summed E-state index contributed by atoms with van der Waals surface area (Å²) in [4.78, 5) is 56.8. The summed E-state index contributed by atoms with van der Waals surface area (Å²) in [6.45, 7) is 23.7. The molecule has 5 heterocycles. The number of aliphatic hydroxyl groups excluding tert-OH is 1. The molecule has 7 aliphatic rings. The first-order valence-corrected chi connectivity index (χ1v) is 41.4. The van der Waals surface area contributed by atoms with Crippen LogP contribution < -0.4 is 25.0 Å². The number of aliphatic hydroxyl groups is 1. The first-order valence-electron chi connectivity index (χ1n) is 36.6. The summed E-state index contributed by atoms with van der Waals surface area (Å²) in [5.74, 6) is -1.23. The van der Waals surface area contributed by atoms with Crippen LogP contribution >= 0.6 is 23.1 Å². The molecule has 6 aromatic rings. The molecule has 13 rings (SSSR count). The highest BCUT2D eigenvalue weighted by molar-refractivity contribution is 7.99. The van der Waals surface area contributed by atoms with Crippen molar-refractivity contribution in [2.45, 2.75) is 170 Å². The summed E-state index contributed by atoms with van der Waals surface area (Å²) in [7, 11) is -11.1. The number of aromatic nitrogens is 2. The molecular formula is C77H99F3N10O10S4. The van der Waals surface area contributed by atoms with Crippen molar-refractivity contribution in [3.8, 4) is 16.2 Å². The first kappa shape index (κ1) is 76.8. The van der Waals surface area contributed by atoms with Gasteiger partial charge in [0.25, 0.3) is 25.8 Å². The van der Waals surface area contributed by atoms with E-state index in [1.807, 2.05) is 74.0 Å². The molecule has 3 amide bonds. The van der Waals surface area contributed by atoms with Crippen molar-refractivity contribution in [2.24, 2.45) is 22.2 Å². The molecule has 4 N–H and O–H groups in total. The molecule has 562 valence electrons. The van der Waals surface area contributed by atoms with Gasteiger partial charge in [0, 0.05) is 125 Å². The number of carbonyl (C=O) groups is 3. The molecule has 104 heavy (non-hydrogen) atoms. The van der Waals surface area contributed by atoms with Gasteiger partial charge in [0.2, 0.25) is 11.8 Å². The standard InChI is InChI=1S/C77H99F3N10O10S4/c1-8-75-47-76(48-75,49-75)63-42-74(6,7)26-24-57(63)44-88-33-35-89(36-34-88)59-20-18-54(19-21-59)71(92)85-104(97,98)62-22-23-64(68(41-62)103(95,96)77(78,79)80)83-58(46-101-61-14-10-9-11-15-61)25-28-87-31-29-86(30-32-87)27-12-13-37-99-66-39-55(70-53(5)82-50-102-70)16-17-56(66)43-81-72(93)65-40-60(91)45-90(65)73(94)69(51(2)3)67-38-52(4)84-100-67/h9-11,14-23,38-39,41,50-51,58,60,65,69,83,91H,8,12-13,24-37,40,42-49H2,1-7H3,(H,81,93)(H,85,92)/t58-,60-,65+,69-,75?,76?/m1/s1. The summed E-state index contributed by atoms with van der Waals surface area (Å²) in [5, 5.41) is 20.9. The van der Waals surface area contributed by atoms with Crippen molar-refractivity contribution in [3.05, 3.63) is 142 Å². The minimum Gasteiger partial charge on any atom is -0.493 e. The Morgan fingerprint density at radius 2 is 1.56 bits per heavy atom. The van der Waals surface area contributed by atoms with E-state index in [-0.39, 0.29) is 36.9 Å². The number of nitrogens with one attached hydrogen (secondary N) is 3. The van der Waals surface area contributed by atoms with E-state index >= 15 is 0 Å². The number of alkyl halides is 3. The van der Waals surface area contributed by atoms with Crippen molar-refractivity contribution in [3.63, 3.8) is 0 Å². The molecule has 20 nitrogen and oxygen atoms in total. The average molecular weight is 1510 g/mol. The number of thioether (sulfide) groups is 1. The van der Waals surface area contributed by atoms with Gasteiger partial charge in [-0.05, 0) is 167 Å². The zero-order chi connectivity index (χ0) is 73.9. The number of nitrogens with zero attached hydrogens (tertiary/aromatic N) is 7. The molecule has 0 unspecified atom stereocenters. The predicted molar refractivity (Wildman–Crippen MR) is 399 cm³/mol. The number of sulfonamides is 1. The van der Waals surface area contributed by atoms with E-state index in [1.54, 1.807) is 41.8 Å². The number of rotatable bonds is 30. The van der Waals surface area contributed by atoms with Gasteiger partial charge in [-0.2, -0.15) is 13.2 Å². The zero-order valence-electron chi connectivity index (χ0n) is 60.6. The van der Waals surface area contributed by atoms with Crippen LogP contribution in [0, 0.1) is 36.0 Å². The fourth-order valence-electron chi connectivity index (χ4n) is 16.3. The number of likely N-dealkylation sites (tertiary alicyclic amines) is 1. The summed E-state index contributed by atoms with van der Waals surface area (Å²) >= 11 is 2.96. The SMILES string of the molecule is CCC12CC(C3=C(CN4CCN(c5ccc(C(=O)NS(=O)(=O)c6ccc(N[C@H](CCN7CCN(CCCCOc8cc(-c9scnc9C)ccc8CNC(=O)[C@@H]8C[C@@H](O)CN8C(=O)[C@@H](c8cc(C)no8)C(C)C)CC7)CSc7ccccc7)c(S(=O)(=O)C(F)(F)F)c6)cc5)CC4)CCC(C)(C)C3)(C1)C2. The number of sulfone groups is 1. The number of anilines is 2. The van der Waals surface area contributed by atoms with Gasteiger partial charge >= 0.3 is 5.51 Å². The number of allylic oxidation sites excluding steroid dienone is 1. The Balaban J connectivity index is 0.633. The third-order valence-corrected chi connectivity index (χ3v) is 27.3. The van der Waals surface area contributed by atoms with Gasteiger partial charge in [-0.1, -0.05) is 87.7 Å². The molecule has 3 saturated carbocycles. The Bertz CT molecular complexity index is 4290. The molecule has 6 fully saturated rings. The van der Waals surface area contributed by atoms with Crippen LogP contribution in [-0.4, -0.2) is 184 Å². The maximum Gasteiger partial charge on any atom is 0.501 e. The van der Waals surface area contributed by atoms with Crippen LogP contribution in [0.1, 0.15) is 144 Å². The highest BCUT2D eigenvalue weighted by Gasteiger charge is 2.68.